The summed E-state index contributed by atoms with van der Waals surface area (Å²) in [4.78, 5) is 12.3. The van der Waals surface area contributed by atoms with Gasteiger partial charge in [-0.2, -0.15) is 5.10 Å². The van der Waals surface area contributed by atoms with E-state index in [0.717, 1.165) is 17.0 Å². The number of carbonyl (C=O) groups is 1. The molecule has 0 saturated heterocycles. The zero-order valence-electron chi connectivity index (χ0n) is 11.8. The Bertz CT molecular complexity index is 689. The molecule has 0 bridgehead atoms. The van der Waals surface area contributed by atoms with E-state index in [4.69, 9.17) is 9.47 Å². The van der Waals surface area contributed by atoms with Gasteiger partial charge in [-0.1, -0.05) is 0 Å². The minimum Gasteiger partial charge on any atom is -0.454 e. The molecule has 0 amide bonds. The van der Waals surface area contributed by atoms with Gasteiger partial charge in [-0.3, -0.25) is 9.48 Å². The van der Waals surface area contributed by atoms with Crippen molar-refractivity contribution in [3.63, 3.8) is 0 Å². The average molecular weight is 272 g/mol. The van der Waals surface area contributed by atoms with Crippen LogP contribution in [0.4, 0.5) is 0 Å². The molecule has 0 radical (unpaired) electrons. The Balaban J connectivity index is 1.84. The molecular weight excluding hydrogens is 256 g/mol. The van der Waals surface area contributed by atoms with Crippen LogP contribution in [0.25, 0.3) is 0 Å². The Morgan fingerprint density at radius 1 is 1.25 bits per heavy atom. The molecule has 1 aromatic heterocycles. The largest absolute Gasteiger partial charge is 0.454 e. The van der Waals surface area contributed by atoms with E-state index < -0.39 is 0 Å². The van der Waals surface area contributed by atoms with Crippen molar-refractivity contribution >= 4 is 5.78 Å². The van der Waals surface area contributed by atoms with Crippen molar-refractivity contribution in [3.05, 3.63) is 40.7 Å². The van der Waals surface area contributed by atoms with Gasteiger partial charge in [0, 0.05) is 11.3 Å². The molecule has 0 fully saturated rings. The highest BCUT2D eigenvalue weighted by atomic mass is 16.7. The topological polar surface area (TPSA) is 53.4 Å². The lowest BCUT2D eigenvalue weighted by atomic mass is 10.1. The third-order valence-electron chi connectivity index (χ3n) is 3.73. The van der Waals surface area contributed by atoms with E-state index in [1.165, 1.54) is 0 Å². The summed E-state index contributed by atoms with van der Waals surface area (Å²) < 4.78 is 12.3. The van der Waals surface area contributed by atoms with Crippen LogP contribution in [0.3, 0.4) is 0 Å². The minimum absolute atomic E-state index is 0.00824. The second kappa shape index (κ2) is 4.67. The smallest absolute Gasteiger partial charge is 0.231 e. The fourth-order valence-electron chi connectivity index (χ4n) is 2.24. The Hall–Kier alpha value is -2.30. The van der Waals surface area contributed by atoms with Crippen LogP contribution in [0.1, 0.15) is 27.3 Å². The zero-order chi connectivity index (χ0) is 14.3. The molecule has 104 valence electrons. The number of fused-ring (bicyclic) bond motifs is 1. The molecule has 0 atom stereocenters. The molecule has 5 heteroatoms. The normalized spacial score (nSPS) is 12.8. The van der Waals surface area contributed by atoms with E-state index in [9.17, 15) is 4.79 Å². The Kier molecular flexibility index (Phi) is 2.97. The molecule has 1 aliphatic rings. The second-order valence-electron chi connectivity index (χ2n) is 4.94. The lowest BCUT2D eigenvalue weighted by Crippen LogP contribution is -2.13. The summed E-state index contributed by atoms with van der Waals surface area (Å²) >= 11 is 0. The molecule has 5 nitrogen and oxygen atoms in total. The van der Waals surface area contributed by atoms with E-state index >= 15 is 0 Å². The standard InChI is InChI=1S/C15H16N2O3/c1-9-10(2)16-17(11(9)3)7-13(18)12-4-5-14-15(6-12)20-8-19-14/h4-6H,7-8H2,1-3H3. The van der Waals surface area contributed by atoms with Crippen molar-refractivity contribution in [2.45, 2.75) is 27.3 Å². The minimum atomic E-state index is 0.00824. The molecule has 1 aliphatic heterocycles. The summed E-state index contributed by atoms with van der Waals surface area (Å²) in [7, 11) is 0. The van der Waals surface area contributed by atoms with Crippen LogP contribution < -0.4 is 9.47 Å². The number of carbonyl (C=O) groups excluding carboxylic acids is 1. The summed E-state index contributed by atoms with van der Waals surface area (Å²) in [6, 6.07) is 5.25. The summed E-state index contributed by atoms with van der Waals surface area (Å²) in [6.07, 6.45) is 0. The number of Topliss-reactive ketones (excluding diaryl/α,β-unsaturated/α-hetero) is 1. The monoisotopic (exact) mass is 272 g/mol. The highest BCUT2D eigenvalue weighted by Crippen LogP contribution is 2.32. The lowest BCUT2D eigenvalue weighted by molar-refractivity contribution is 0.0966. The van der Waals surface area contributed by atoms with E-state index in [-0.39, 0.29) is 19.1 Å². The summed E-state index contributed by atoms with van der Waals surface area (Å²) in [6.45, 7) is 6.38. The number of aryl methyl sites for hydroxylation is 1. The van der Waals surface area contributed by atoms with Crippen LogP contribution in [0, 0.1) is 20.8 Å². The van der Waals surface area contributed by atoms with E-state index in [1.54, 1.807) is 22.9 Å². The third kappa shape index (κ3) is 2.05. The number of ketones is 1. The Morgan fingerprint density at radius 2 is 2.00 bits per heavy atom. The van der Waals surface area contributed by atoms with Crippen molar-refractivity contribution in [3.8, 4) is 11.5 Å². The molecule has 1 aromatic carbocycles. The van der Waals surface area contributed by atoms with Crippen molar-refractivity contribution < 1.29 is 14.3 Å². The molecule has 0 aliphatic carbocycles. The van der Waals surface area contributed by atoms with Gasteiger partial charge >= 0.3 is 0 Å². The molecule has 0 spiro atoms. The van der Waals surface area contributed by atoms with Crippen LogP contribution in [0.5, 0.6) is 11.5 Å². The fraction of sp³-hybridized carbons (Fsp3) is 0.333. The van der Waals surface area contributed by atoms with Gasteiger partial charge in [0.2, 0.25) is 6.79 Å². The van der Waals surface area contributed by atoms with Gasteiger partial charge in [-0.25, -0.2) is 0 Å². The molecular formula is C15H16N2O3. The molecule has 2 aromatic rings. The first-order chi connectivity index (χ1) is 9.56. The van der Waals surface area contributed by atoms with E-state index in [2.05, 4.69) is 5.10 Å². The summed E-state index contributed by atoms with van der Waals surface area (Å²) in [5.41, 5.74) is 3.72. The predicted molar refractivity (Wildman–Crippen MR) is 73.3 cm³/mol. The van der Waals surface area contributed by atoms with Gasteiger partial charge in [0.25, 0.3) is 0 Å². The SMILES string of the molecule is Cc1nn(CC(=O)c2ccc3c(c2)OCO3)c(C)c1C. The molecule has 2 heterocycles. The maximum atomic E-state index is 12.3. The fourth-order valence-corrected chi connectivity index (χ4v) is 2.24. The quantitative estimate of drug-likeness (QED) is 0.805. The lowest BCUT2D eigenvalue weighted by Gasteiger charge is -2.05. The van der Waals surface area contributed by atoms with E-state index in [1.807, 2.05) is 20.8 Å². The maximum Gasteiger partial charge on any atom is 0.231 e. The number of benzene rings is 1. The first-order valence-electron chi connectivity index (χ1n) is 6.49. The second-order valence-corrected chi connectivity index (χ2v) is 4.94. The third-order valence-corrected chi connectivity index (χ3v) is 3.73. The average Bonchev–Trinajstić information content (AvgIpc) is 2.99. The highest BCUT2D eigenvalue weighted by Gasteiger charge is 2.17. The first-order valence-corrected chi connectivity index (χ1v) is 6.49. The van der Waals surface area contributed by atoms with Crippen LogP contribution in [-0.4, -0.2) is 22.4 Å². The van der Waals surface area contributed by atoms with Crippen molar-refractivity contribution in [2.24, 2.45) is 0 Å². The van der Waals surface area contributed by atoms with E-state index in [0.29, 0.717) is 17.1 Å². The highest BCUT2D eigenvalue weighted by molar-refractivity contribution is 5.96. The zero-order valence-corrected chi connectivity index (χ0v) is 11.8. The predicted octanol–water partition coefficient (Wildman–Crippen LogP) is 2.42. The van der Waals surface area contributed by atoms with Gasteiger partial charge < -0.3 is 9.47 Å². The van der Waals surface area contributed by atoms with Gasteiger partial charge in [-0.05, 0) is 44.5 Å². The Morgan fingerprint density at radius 3 is 2.70 bits per heavy atom. The van der Waals surface area contributed by atoms with Gasteiger partial charge in [0.15, 0.2) is 17.3 Å². The molecule has 0 N–H and O–H groups in total. The van der Waals surface area contributed by atoms with Crippen molar-refractivity contribution in [2.75, 3.05) is 6.79 Å². The summed E-state index contributed by atoms with van der Waals surface area (Å²) in [5.74, 6) is 1.32. The number of hydrogen-bond donors (Lipinski definition) is 0. The van der Waals surface area contributed by atoms with Crippen LogP contribution in [0.15, 0.2) is 18.2 Å². The number of aromatic nitrogens is 2. The molecule has 0 unspecified atom stereocenters. The van der Waals surface area contributed by atoms with Crippen molar-refractivity contribution in [1.82, 2.24) is 9.78 Å². The Labute approximate surface area is 117 Å². The molecule has 0 saturated carbocycles. The summed E-state index contributed by atoms with van der Waals surface area (Å²) in [5, 5.41) is 4.39. The van der Waals surface area contributed by atoms with Crippen LogP contribution in [0.2, 0.25) is 0 Å². The molecule has 20 heavy (non-hydrogen) atoms. The first kappa shape index (κ1) is 12.7. The van der Waals surface area contributed by atoms with Gasteiger partial charge in [0.1, 0.15) is 6.54 Å². The number of ether oxygens (including phenoxy) is 2. The van der Waals surface area contributed by atoms with Crippen LogP contribution >= 0.6 is 0 Å². The number of rotatable bonds is 3. The number of hydrogen-bond acceptors (Lipinski definition) is 4. The van der Waals surface area contributed by atoms with Gasteiger partial charge in [-0.15, -0.1) is 0 Å². The molecule has 3 rings (SSSR count). The van der Waals surface area contributed by atoms with Gasteiger partial charge in [0.05, 0.1) is 5.69 Å². The maximum absolute atomic E-state index is 12.3. The van der Waals surface area contributed by atoms with Crippen LogP contribution in [-0.2, 0) is 6.54 Å². The van der Waals surface area contributed by atoms with Crippen molar-refractivity contribution in [1.29, 1.82) is 0 Å². The number of nitrogens with zero attached hydrogens (tertiary/aromatic N) is 2.